The molecule has 104 valence electrons. The number of carbonyl (C=O) groups is 1. The van der Waals surface area contributed by atoms with E-state index in [1.807, 2.05) is 25.1 Å². The Morgan fingerprint density at radius 1 is 1.10 bits per heavy atom. The van der Waals surface area contributed by atoms with Gasteiger partial charge in [-0.25, -0.2) is 8.78 Å². The molecule has 0 aliphatic carbocycles. The predicted molar refractivity (Wildman–Crippen MR) is 75.2 cm³/mol. The first-order valence-electron chi connectivity index (χ1n) is 6.22. The van der Waals surface area contributed by atoms with Crippen LogP contribution in [0, 0.1) is 11.6 Å². The van der Waals surface area contributed by atoms with E-state index >= 15 is 0 Å². The van der Waals surface area contributed by atoms with Crippen LogP contribution >= 0.6 is 0 Å². The summed E-state index contributed by atoms with van der Waals surface area (Å²) in [5, 5.41) is 0. The van der Waals surface area contributed by atoms with Crippen molar-refractivity contribution in [1.82, 2.24) is 0 Å². The number of benzene rings is 2. The molecular weight excluding hydrogens is 260 g/mol. The van der Waals surface area contributed by atoms with Crippen LogP contribution in [0.1, 0.15) is 15.9 Å². The fraction of sp³-hybridized carbons (Fsp3) is 0.188. The van der Waals surface area contributed by atoms with Crippen molar-refractivity contribution in [3.05, 3.63) is 65.2 Å². The van der Waals surface area contributed by atoms with Gasteiger partial charge in [-0.3, -0.25) is 4.79 Å². The Kier molecular flexibility index (Phi) is 4.13. The molecule has 4 heteroatoms. The molecule has 2 aromatic rings. The van der Waals surface area contributed by atoms with Gasteiger partial charge in [0, 0.05) is 37.8 Å². The zero-order valence-corrected chi connectivity index (χ0v) is 11.4. The number of Topliss-reactive ketones (excluding diaryl/α,β-unsaturated/α-hetero) is 1. The zero-order valence-electron chi connectivity index (χ0n) is 11.4. The molecule has 0 saturated heterocycles. The highest BCUT2D eigenvalue weighted by Gasteiger charge is 2.12. The van der Waals surface area contributed by atoms with Crippen molar-refractivity contribution in [2.75, 3.05) is 19.0 Å². The van der Waals surface area contributed by atoms with Crippen molar-refractivity contribution >= 4 is 11.5 Å². The maximum Gasteiger partial charge on any atom is 0.167 e. The van der Waals surface area contributed by atoms with Crippen LogP contribution in [0.25, 0.3) is 0 Å². The normalized spacial score (nSPS) is 10.4. The van der Waals surface area contributed by atoms with E-state index in [0.717, 1.165) is 17.8 Å². The summed E-state index contributed by atoms with van der Waals surface area (Å²) in [4.78, 5) is 14.0. The molecule has 2 nitrogen and oxygen atoms in total. The van der Waals surface area contributed by atoms with Gasteiger partial charge in [0.25, 0.3) is 0 Å². The SMILES string of the molecule is CN(C)c1cccc(C(=O)Cc2ccc(F)cc2F)c1. The Balaban J connectivity index is 2.21. The number of carbonyl (C=O) groups excluding carboxylic acids is 1. The van der Waals surface area contributed by atoms with Gasteiger partial charge in [0.1, 0.15) is 11.6 Å². The summed E-state index contributed by atoms with van der Waals surface area (Å²) in [6.45, 7) is 0. The summed E-state index contributed by atoms with van der Waals surface area (Å²) in [6.07, 6.45) is -0.0804. The quantitative estimate of drug-likeness (QED) is 0.796. The van der Waals surface area contributed by atoms with E-state index in [9.17, 15) is 13.6 Å². The molecule has 0 fully saturated rings. The minimum absolute atomic E-state index is 0.0804. The van der Waals surface area contributed by atoms with Gasteiger partial charge in [-0.05, 0) is 23.8 Å². The first-order valence-corrected chi connectivity index (χ1v) is 6.22. The molecule has 2 aromatic carbocycles. The van der Waals surface area contributed by atoms with Crippen molar-refractivity contribution in [1.29, 1.82) is 0 Å². The topological polar surface area (TPSA) is 20.3 Å². The Bertz CT molecular complexity index is 638. The number of nitrogens with zero attached hydrogens (tertiary/aromatic N) is 1. The van der Waals surface area contributed by atoms with Gasteiger partial charge in [-0.15, -0.1) is 0 Å². The molecule has 0 aromatic heterocycles. The van der Waals surface area contributed by atoms with E-state index in [1.54, 1.807) is 18.2 Å². The van der Waals surface area contributed by atoms with E-state index in [2.05, 4.69) is 0 Å². The second-order valence-electron chi connectivity index (χ2n) is 4.78. The minimum Gasteiger partial charge on any atom is -0.378 e. The van der Waals surface area contributed by atoms with E-state index in [1.165, 1.54) is 6.07 Å². The lowest BCUT2D eigenvalue weighted by Crippen LogP contribution is -2.11. The average molecular weight is 275 g/mol. The lowest BCUT2D eigenvalue weighted by atomic mass is 10.0. The standard InChI is InChI=1S/C16H15F2NO/c1-19(2)14-5-3-4-12(8-14)16(20)9-11-6-7-13(17)10-15(11)18/h3-8,10H,9H2,1-2H3. The molecule has 0 aliphatic rings. The Labute approximate surface area is 116 Å². The van der Waals surface area contributed by atoms with Gasteiger partial charge >= 0.3 is 0 Å². The second kappa shape index (κ2) is 5.82. The molecule has 0 radical (unpaired) electrons. The second-order valence-corrected chi connectivity index (χ2v) is 4.78. The Morgan fingerprint density at radius 3 is 2.50 bits per heavy atom. The van der Waals surface area contributed by atoms with Gasteiger partial charge < -0.3 is 4.90 Å². The molecule has 0 amide bonds. The molecule has 0 N–H and O–H groups in total. The Morgan fingerprint density at radius 2 is 1.85 bits per heavy atom. The molecular formula is C16H15F2NO. The third-order valence-electron chi connectivity index (χ3n) is 3.05. The van der Waals surface area contributed by atoms with Crippen LogP contribution in [-0.4, -0.2) is 19.9 Å². The fourth-order valence-electron chi connectivity index (χ4n) is 1.90. The predicted octanol–water partition coefficient (Wildman–Crippen LogP) is 3.46. The maximum atomic E-state index is 13.5. The third-order valence-corrected chi connectivity index (χ3v) is 3.05. The van der Waals surface area contributed by atoms with Crippen LogP contribution in [0.4, 0.5) is 14.5 Å². The molecule has 0 atom stereocenters. The average Bonchev–Trinajstić information content (AvgIpc) is 2.42. The number of hydrogen-bond acceptors (Lipinski definition) is 2. The first-order chi connectivity index (χ1) is 9.47. The Hall–Kier alpha value is -2.23. The van der Waals surface area contributed by atoms with Crippen LogP contribution < -0.4 is 4.90 Å². The first kappa shape index (κ1) is 14.2. The molecule has 0 heterocycles. The molecule has 0 saturated carbocycles. The smallest absolute Gasteiger partial charge is 0.167 e. The van der Waals surface area contributed by atoms with Crippen LogP contribution in [-0.2, 0) is 6.42 Å². The zero-order chi connectivity index (χ0) is 14.7. The summed E-state index contributed by atoms with van der Waals surface area (Å²) in [6, 6.07) is 10.4. The van der Waals surface area contributed by atoms with Gasteiger partial charge in [0.15, 0.2) is 5.78 Å². The summed E-state index contributed by atoms with van der Waals surface area (Å²) in [5.74, 6) is -1.53. The van der Waals surface area contributed by atoms with E-state index in [-0.39, 0.29) is 17.8 Å². The third kappa shape index (κ3) is 3.20. The number of rotatable bonds is 4. The van der Waals surface area contributed by atoms with Crippen LogP contribution in [0.5, 0.6) is 0 Å². The minimum atomic E-state index is -0.692. The van der Waals surface area contributed by atoms with Crippen molar-refractivity contribution in [3.8, 4) is 0 Å². The fourth-order valence-corrected chi connectivity index (χ4v) is 1.90. The van der Waals surface area contributed by atoms with E-state index in [4.69, 9.17) is 0 Å². The summed E-state index contributed by atoms with van der Waals surface area (Å²) in [7, 11) is 3.76. The van der Waals surface area contributed by atoms with Crippen molar-refractivity contribution in [3.63, 3.8) is 0 Å². The highest BCUT2D eigenvalue weighted by atomic mass is 19.1. The van der Waals surface area contributed by atoms with Gasteiger partial charge in [-0.1, -0.05) is 18.2 Å². The van der Waals surface area contributed by atoms with Crippen molar-refractivity contribution in [2.24, 2.45) is 0 Å². The van der Waals surface area contributed by atoms with Crippen molar-refractivity contribution in [2.45, 2.75) is 6.42 Å². The number of hydrogen-bond donors (Lipinski definition) is 0. The summed E-state index contributed by atoms with van der Waals surface area (Å²) >= 11 is 0. The van der Waals surface area contributed by atoms with Gasteiger partial charge in [0.05, 0.1) is 0 Å². The lowest BCUT2D eigenvalue weighted by Gasteiger charge is -2.13. The lowest BCUT2D eigenvalue weighted by molar-refractivity contribution is 0.0992. The van der Waals surface area contributed by atoms with Gasteiger partial charge in [-0.2, -0.15) is 0 Å². The molecule has 0 unspecified atom stereocenters. The van der Waals surface area contributed by atoms with Gasteiger partial charge in [0.2, 0.25) is 0 Å². The largest absolute Gasteiger partial charge is 0.378 e. The molecule has 0 bridgehead atoms. The maximum absolute atomic E-state index is 13.5. The number of anilines is 1. The molecule has 20 heavy (non-hydrogen) atoms. The molecule has 0 spiro atoms. The van der Waals surface area contributed by atoms with Crippen molar-refractivity contribution < 1.29 is 13.6 Å². The van der Waals surface area contributed by atoms with E-state index in [0.29, 0.717) is 5.56 Å². The monoisotopic (exact) mass is 275 g/mol. The van der Waals surface area contributed by atoms with E-state index < -0.39 is 11.6 Å². The summed E-state index contributed by atoms with van der Waals surface area (Å²) in [5.41, 5.74) is 1.61. The highest BCUT2D eigenvalue weighted by molar-refractivity contribution is 5.98. The van der Waals surface area contributed by atoms with Crippen LogP contribution in [0.2, 0.25) is 0 Å². The number of halogens is 2. The van der Waals surface area contributed by atoms with Crippen LogP contribution in [0.3, 0.4) is 0 Å². The highest BCUT2D eigenvalue weighted by Crippen LogP contribution is 2.17. The molecule has 0 aliphatic heterocycles. The number of ketones is 1. The van der Waals surface area contributed by atoms with Crippen LogP contribution in [0.15, 0.2) is 42.5 Å². The summed E-state index contributed by atoms with van der Waals surface area (Å²) < 4.78 is 26.4. The molecule has 2 rings (SSSR count).